The Morgan fingerprint density at radius 2 is 2.06 bits per heavy atom. The van der Waals surface area contributed by atoms with Crippen LogP contribution in [0.5, 0.6) is 5.88 Å². The maximum absolute atomic E-state index is 12.8. The second kappa shape index (κ2) is 10.1. The van der Waals surface area contributed by atoms with E-state index in [4.69, 9.17) is 9.47 Å². The van der Waals surface area contributed by atoms with Gasteiger partial charge in [-0.15, -0.1) is 0 Å². The van der Waals surface area contributed by atoms with E-state index in [9.17, 15) is 9.90 Å². The Hall–Kier alpha value is -2.68. The lowest BCUT2D eigenvalue weighted by molar-refractivity contribution is 0.0865. The number of carbonyl (C=O) groups is 1. The molecule has 8 heteroatoms. The lowest BCUT2D eigenvalue weighted by Crippen LogP contribution is -2.49. The number of fused-ring (bicyclic) bond motifs is 1. The third-order valence-electron chi connectivity index (χ3n) is 5.76. The quantitative estimate of drug-likeness (QED) is 0.611. The van der Waals surface area contributed by atoms with E-state index >= 15 is 0 Å². The number of aliphatic hydroxyl groups excluding tert-OH is 1. The zero-order chi connectivity index (χ0) is 21.6. The van der Waals surface area contributed by atoms with Gasteiger partial charge in [-0.25, -0.2) is 0 Å². The highest BCUT2D eigenvalue weighted by molar-refractivity contribution is 5.96. The summed E-state index contributed by atoms with van der Waals surface area (Å²) in [5.74, 6) is 0.774. The number of pyridine rings is 1. The van der Waals surface area contributed by atoms with Crippen molar-refractivity contribution < 1.29 is 19.4 Å². The van der Waals surface area contributed by atoms with E-state index < -0.39 is 6.10 Å². The van der Waals surface area contributed by atoms with Crippen LogP contribution in [-0.4, -0.2) is 67.6 Å². The topological polar surface area (TPSA) is 96.0 Å². The number of carbonyl (C=O) groups excluding carboxylic acids is 1. The summed E-state index contributed by atoms with van der Waals surface area (Å²) in [6, 6.07) is 11.7. The minimum absolute atomic E-state index is 0.108. The molecule has 166 valence electrons. The van der Waals surface area contributed by atoms with Crippen molar-refractivity contribution in [2.24, 2.45) is 0 Å². The normalized spacial score (nSPS) is 19.4. The van der Waals surface area contributed by atoms with Gasteiger partial charge in [0.05, 0.1) is 25.9 Å². The maximum atomic E-state index is 12.8. The molecule has 1 amide bonds. The Balaban J connectivity index is 1.38. The fourth-order valence-corrected chi connectivity index (χ4v) is 4.00. The Morgan fingerprint density at radius 1 is 1.29 bits per heavy atom. The van der Waals surface area contributed by atoms with Gasteiger partial charge in [0.15, 0.2) is 0 Å². The van der Waals surface area contributed by atoms with Gasteiger partial charge in [0.2, 0.25) is 5.88 Å². The van der Waals surface area contributed by atoms with E-state index in [2.05, 4.69) is 32.7 Å². The maximum Gasteiger partial charge on any atom is 0.256 e. The number of anilines is 1. The van der Waals surface area contributed by atoms with Gasteiger partial charge in [-0.05, 0) is 36.6 Å². The highest BCUT2D eigenvalue weighted by Gasteiger charge is 2.25. The number of nitrogens with one attached hydrogen (secondary N) is 2. The molecule has 0 aliphatic carbocycles. The van der Waals surface area contributed by atoms with Gasteiger partial charge in [0.25, 0.3) is 5.91 Å². The van der Waals surface area contributed by atoms with Crippen molar-refractivity contribution in [3.05, 3.63) is 53.1 Å². The summed E-state index contributed by atoms with van der Waals surface area (Å²) in [5.41, 5.74) is 2.86. The molecule has 1 fully saturated rings. The third kappa shape index (κ3) is 5.15. The number of nitrogens with zero attached hydrogens (tertiary/aromatic N) is 2. The van der Waals surface area contributed by atoms with Crippen LogP contribution in [0.4, 0.5) is 5.82 Å². The molecule has 2 atom stereocenters. The van der Waals surface area contributed by atoms with Crippen LogP contribution < -0.4 is 20.3 Å². The first kappa shape index (κ1) is 21.5. The predicted octanol–water partition coefficient (Wildman–Crippen LogP) is 1.12. The highest BCUT2D eigenvalue weighted by atomic mass is 16.5. The van der Waals surface area contributed by atoms with Crippen LogP contribution in [0.15, 0.2) is 36.4 Å². The van der Waals surface area contributed by atoms with Crippen molar-refractivity contribution in [2.45, 2.75) is 32.0 Å². The summed E-state index contributed by atoms with van der Waals surface area (Å²) in [7, 11) is 0. The van der Waals surface area contributed by atoms with Crippen molar-refractivity contribution in [1.82, 2.24) is 15.6 Å². The minimum atomic E-state index is -0.701. The van der Waals surface area contributed by atoms with E-state index in [0.717, 1.165) is 25.3 Å². The van der Waals surface area contributed by atoms with Crippen LogP contribution in [0, 0.1) is 0 Å². The first-order valence-corrected chi connectivity index (χ1v) is 10.9. The second-order valence-corrected chi connectivity index (χ2v) is 7.79. The van der Waals surface area contributed by atoms with Crippen LogP contribution in [0.2, 0.25) is 0 Å². The standard InChI is InChI=1S/C23H30N4O4/c1-2-31-23-18(7-8-21(26-23)27-9-11-30-12-10-27)22(29)25-15-20(28)19-13-16-5-3-4-6-17(16)14-24-19/h3-8,19-20,24,28H,2,9-15H2,1H3,(H,25,29)/t19?,20-/m1/s1. The van der Waals surface area contributed by atoms with Gasteiger partial charge in [0, 0.05) is 32.2 Å². The summed E-state index contributed by atoms with van der Waals surface area (Å²) >= 11 is 0. The summed E-state index contributed by atoms with van der Waals surface area (Å²) in [4.78, 5) is 19.5. The molecule has 3 heterocycles. The number of rotatable bonds is 7. The van der Waals surface area contributed by atoms with E-state index in [1.54, 1.807) is 6.07 Å². The van der Waals surface area contributed by atoms with Gasteiger partial charge >= 0.3 is 0 Å². The van der Waals surface area contributed by atoms with Crippen molar-refractivity contribution in [3.63, 3.8) is 0 Å². The number of hydrogen-bond acceptors (Lipinski definition) is 7. The Morgan fingerprint density at radius 3 is 2.84 bits per heavy atom. The zero-order valence-corrected chi connectivity index (χ0v) is 17.8. The van der Waals surface area contributed by atoms with Crippen LogP contribution in [0.1, 0.15) is 28.4 Å². The zero-order valence-electron chi connectivity index (χ0n) is 17.8. The molecule has 0 radical (unpaired) electrons. The molecule has 2 aliphatic heterocycles. The number of ether oxygens (including phenoxy) is 2. The number of amides is 1. The van der Waals surface area contributed by atoms with Gasteiger partial charge < -0.3 is 30.1 Å². The number of aromatic nitrogens is 1. The fourth-order valence-electron chi connectivity index (χ4n) is 4.00. The Labute approximate surface area is 182 Å². The van der Waals surface area contributed by atoms with E-state index in [1.807, 2.05) is 25.1 Å². The minimum Gasteiger partial charge on any atom is -0.477 e. The van der Waals surface area contributed by atoms with Crippen molar-refractivity contribution in [3.8, 4) is 5.88 Å². The molecular weight excluding hydrogens is 396 g/mol. The number of aliphatic hydroxyl groups is 1. The molecule has 3 N–H and O–H groups in total. The summed E-state index contributed by atoms with van der Waals surface area (Å²) < 4.78 is 11.0. The summed E-state index contributed by atoms with van der Waals surface area (Å²) in [5, 5.41) is 16.8. The SMILES string of the molecule is CCOc1nc(N2CCOCC2)ccc1C(=O)NC[C@@H](O)C1Cc2ccccc2CN1. The summed E-state index contributed by atoms with van der Waals surface area (Å²) in [6.07, 6.45) is 0.0288. The number of benzene rings is 1. The first-order chi connectivity index (χ1) is 15.2. The largest absolute Gasteiger partial charge is 0.477 e. The lowest BCUT2D eigenvalue weighted by Gasteiger charge is -2.30. The van der Waals surface area contributed by atoms with Crippen molar-refractivity contribution >= 4 is 11.7 Å². The average Bonchev–Trinajstić information content (AvgIpc) is 2.82. The molecule has 31 heavy (non-hydrogen) atoms. The molecule has 2 aliphatic rings. The molecule has 1 unspecified atom stereocenters. The predicted molar refractivity (Wildman–Crippen MR) is 118 cm³/mol. The monoisotopic (exact) mass is 426 g/mol. The third-order valence-corrected chi connectivity index (χ3v) is 5.76. The fraction of sp³-hybridized carbons (Fsp3) is 0.478. The molecule has 0 spiro atoms. The average molecular weight is 427 g/mol. The van der Waals surface area contributed by atoms with Crippen molar-refractivity contribution in [2.75, 3.05) is 44.4 Å². The number of hydrogen-bond donors (Lipinski definition) is 3. The summed E-state index contributed by atoms with van der Waals surface area (Å²) in [6.45, 7) is 5.97. The number of morpholine rings is 1. The molecule has 1 saturated heterocycles. The smallest absolute Gasteiger partial charge is 0.256 e. The molecule has 8 nitrogen and oxygen atoms in total. The van der Waals surface area contributed by atoms with Crippen LogP contribution in [0.25, 0.3) is 0 Å². The first-order valence-electron chi connectivity index (χ1n) is 10.9. The van der Waals surface area contributed by atoms with Crippen molar-refractivity contribution in [1.29, 1.82) is 0 Å². The van der Waals surface area contributed by atoms with Crippen LogP contribution >= 0.6 is 0 Å². The molecule has 1 aromatic carbocycles. The highest BCUT2D eigenvalue weighted by Crippen LogP contribution is 2.23. The van der Waals surface area contributed by atoms with Gasteiger partial charge in [-0.1, -0.05) is 24.3 Å². The molecule has 2 aromatic rings. The molecule has 4 rings (SSSR count). The molecule has 1 aromatic heterocycles. The molecular formula is C23H30N4O4. The van der Waals surface area contributed by atoms with Gasteiger partial charge in [0.1, 0.15) is 11.4 Å². The van der Waals surface area contributed by atoms with Gasteiger partial charge in [-0.3, -0.25) is 4.79 Å². The van der Waals surface area contributed by atoms with E-state index in [0.29, 0.717) is 37.8 Å². The van der Waals surface area contributed by atoms with E-state index in [1.165, 1.54) is 11.1 Å². The van der Waals surface area contributed by atoms with Gasteiger partial charge in [-0.2, -0.15) is 4.98 Å². The molecule has 0 bridgehead atoms. The van der Waals surface area contributed by atoms with Crippen LogP contribution in [-0.2, 0) is 17.7 Å². The van der Waals surface area contributed by atoms with E-state index in [-0.39, 0.29) is 18.5 Å². The molecule has 0 saturated carbocycles. The Kier molecular flexibility index (Phi) is 7.01. The van der Waals surface area contributed by atoms with Crippen LogP contribution in [0.3, 0.4) is 0 Å². The second-order valence-electron chi connectivity index (χ2n) is 7.79. The lowest BCUT2D eigenvalue weighted by atomic mass is 9.93. The Bertz CT molecular complexity index is 901.